The molecule has 0 fully saturated rings. The Morgan fingerprint density at radius 3 is 2.42 bits per heavy atom. The van der Waals surface area contributed by atoms with Crippen molar-refractivity contribution in [3.05, 3.63) is 54.3 Å². The van der Waals surface area contributed by atoms with Crippen LogP contribution in [0.2, 0.25) is 0 Å². The second-order valence-corrected chi connectivity index (χ2v) is 7.43. The Morgan fingerprint density at radius 2 is 1.81 bits per heavy atom. The molecule has 2 aromatic rings. The number of benzene rings is 2. The summed E-state index contributed by atoms with van der Waals surface area (Å²) in [4.78, 5) is 11.9. The smallest absolute Gasteiger partial charge is 0.262 e. The minimum atomic E-state index is -3.59. The third-order valence-electron chi connectivity index (χ3n) is 3.62. The highest BCUT2D eigenvalue weighted by Crippen LogP contribution is 2.17. The molecule has 1 amide bonds. The molecule has 2 aromatic carbocycles. The van der Waals surface area contributed by atoms with E-state index < -0.39 is 21.7 Å². The van der Waals surface area contributed by atoms with Crippen LogP contribution < -0.4 is 14.8 Å². The Hall–Kier alpha value is -2.45. The number of rotatable bonds is 8. The van der Waals surface area contributed by atoms with Gasteiger partial charge in [-0.1, -0.05) is 19.1 Å². The van der Waals surface area contributed by atoms with E-state index in [4.69, 9.17) is 4.74 Å². The topological polar surface area (TPSA) is 84.5 Å². The van der Waals surface area contributed by atoms with Gasteiger partial charge in [0.15, 0.2) is 6.61 Å². The number of carbonyl (C=O) groups excluding carboxylic acids is 1. The van der Waals surface area contributed by atoms with Gasteiger partial charge in [0.05, 0.1) is 10.6 Å². The summed E-state index contributed by atoms with van der Waals surface area (Å²) in [5, 5.41) is 2.40. The van der Waals surface area contributed by atoms with E-state index in [0.717, 1.165) is 0 Å². The summed E-state index contributed by atoms with van der Waals surface area (Å²) >= 11 is 0. The van der Waals surface area contributed by atoms with E-state index in [-0.39, 0.29) is 23.2 Å². The maximum absolute atomic E-state index is 13.5. The van der Waals surface area contributed by atoms with Gasteiger partial charge in [-0.3, -0.25) is 4.79 Å². The molecular weight excluding hydrogens is 359 g/mol. The van der Waals surface area contributed by atoms with Crippen LogP contribution in [0, 0.1) is 5.82 Å². The first-order valence-corrected chi connectivity index (χ1v) is 9.59. The quantitative estimate of drug-likeness (QED) is 0.737. The summed E-state index contributed by atoms with van der Waals surface area (Å²) in [6.45, 7) is 3.34. The predicted molar refractivity (Wildman–Crippen MR) is 97.0 cm³/mol. The minimum Gasteiger partial charge on any atom is -0.484 e. The number of para-hydroxylation sites is 1. The Kier molecular flexibility index (Phi) is 6.70. The van der Waals surface area contributed by atoms with Crippen LogP contribution in [-0.2, 0) is 14.8 Å². The number of anilines is 1. The first-order chi connectivity index (χ1) is 12.3. The molecule has 8 heteroatoms. The Labute approximate surface area is 152 Å². The monoisotopic (exact) mass is 380 g/mol. The van der Waals surface area contributed by atoms with Crippen LogP contribution in [0.1, 0.15) is 20.3 Å². The van der Waals surface area contributed by atoms with Crippen LogP contribution in [0.4, 0.5) is 10.1 Å². The van der Waals surface area contributed by atoms with Crippen LogP contribution in [0.15, 0.2) is 53.4 Å². The van der Waals surface area contributed by atoms with E-state index in [1.807, 2.05) is 6.92 Å². The van der Waals surface area contributed by atoms with Crippen LogP contribution in [0.3, 0.4) is 0 Å². The molecule has 1 atom stereocenters. The molecule has 0 aromatic heterocycles. The van der Waals surface area contributed by atoms with Crippen molar-refractivity contribution >= 4 is 21.6 Å². The minimum absolute atomic E-state index is 0.0682. The summed E-state index contributed by atoms with van der Waals surface area (Å²) in [7, 11) is -3.59. The Morgan fingerprint density at radius 1 is 1.15 bits per heavy atom. The summed E-state index contributed by atoms with van der Waals surface area (Å²) in [5.41, 5.74) is 0.0682. The third kappa shape index (κ3) is 5.53. The molecule has 0 saturated heterocycles. The summed E-state index contributed by atoms with van der Waals surface area (Å²) in [5.74, 6) is -0.731. The molecule has 6 nitrogen and oxygen atoms in total. The number of hydrogen-bond acceptors (Lipinski definition) is 4. The van der Waals surface area contributed by atoms with Crippen LogP contribution >= 0.6 is 0 Å². The predicted octanol–water partition coefficient (Wildman–Crippen LogP) is 2.92. The molecule has 2 rings (SSSR count). The molecule has 0 aliphatic carbocycles. The lowest BCUT2D eigenvalue weighted by atomic mass is 10.3. The van der Waals surface area contributed by atoms with Crippen molar-refractivity contribution in [3.63, 3.8) is 0 Å². The number of halogens is 1. The van der Waals surface area contributed by atoms with Crippen LogP contribution in [0.25, 0.3) is 0 Å². The maximum Gasteiger partial charge on any atom is 0.262 e. The fourth-order valence-corrected chi connectivity index (χ4v) is 3.36. The number of sulfonamides is 1. The molecule has 140 valence electrons. The number of amides is 1. The van der Waals surface area contributed by atoms with E-state index in [2.05, 4.69) is 10.0 Å². The van der Waals surface area contributed by atoms with E-state index in [0.29, 0.717) is 12.2 Å². The van der Waals surface area contributed by atoms with Gasteiger partial charge < -0.3 is 10.1 Å². The standard InChI is InChI=1S/C18H21FN2O4S/c1-3-13(2)21-26(23,24)15-10-8-14(9-11-15)25-12-18(22)20-17-7-5-4-6-16(17)19/h4-11,13,21H,3,12H2,1-2H3,(H,20,22)/t13-/m1/s1. The van der Waals surface area contributed by atoms with Gasteiger partial charge in [-0.15, -0.1) is 0 Å². The molecule has 2 N–H and O–H groups in total. The van der Waals surface area contributed by atoms with E-state index in [1.165, 1.54) is 42.5 Å². The van der Waals surface area contributed by atoms with Gasteiger partial charge >= 0.3 is 0 Å². The zero-order chi connectivity index (χ0) is 19.2. The van der Waals surface area contributed by atoms with Gasteiger partial charge in [0.2, 0.25) is 10.0 Å². The highest BCUT2D eigenvalue weighted by atomic mass is 32.2. The molecule has 26 heavy (non-hydrogen) atoms. The fourth-order valence-electron chi connectivity index (χ4n) is 2.03. The molecular formula is C18H21FN2O4S. The van der Waals surface area contributed by atoms with Crippen molar-refractivity contribution in [2.45, 2.75) is 31.2 Å². The summed E-state index contributed by atoms with van der Waals surface area (Å²) in [6.07, 6.45) is 0.678. The van der Waals surface area contributed by atoms with E-state index >= 15 is 0 Å². The lowest BCUT2D eigenvalue weighted by Gasteiger charge is -2.12. The van der Waals surface area contributed by atoms with Crippen molar-refractivity contribution in [2.75, 3.05) is 11.9 Å². The molecule has 0 spiro atoms. The zero-order valence-electron chi connectivity index (χ0n) is 14.5. The SMILES string of the molecule is CC[C@@H](C)NS(=O)(=O)c1ccc(OCC(=O)Nc2ccccc2F)cc1. The number of hydrogen-bond donors (Lipinski definition) is 2. The molecule has 0 bridgehead atoms. The van der Waals surface area contributed by atoms with Gasteiger partial charge in [-0.2, -0.15) is 0 Å². The lowest BCUT2D eigenvalue weighted by Crippen LogP contribution is -2.31. The number of nitrogens with one attached hydrogen (secondary N) is 2. The average Bonchev–Trinajstić information content (AvgIpc) is 2.62. The number of ether oxygens (including phenoxy) is 1. The molecule has 0 aliphatic heterocycles. The van der Waals surface area contributed by atoms with E-state index in [9.17, 15) is 17.6 Å². The molecule has 0 saturated carbocycles. The Balaban J connectivity index is 1.93. The normalized spacial score (nSPS) is 12.4. The van der Waals surface area contributed by atoms with Crippen molar-refractivity contribution in [3.8, 4) is 5.75 Å². The first kappa shape index (κ1) is 19.9. The summed E-state index contributed by atoms with van der Waals surface area (Å²) in [6, 6.07) is 11.4. The van der Waals surface area contributed by atoms with Crippen molar-refractivity contribution in [1.82, 2.24) is 4.72 Å². The first-order valence-electron chi connectivity index (χ1n) is 8.11. The van der Waals surface area contributed by atoms with Gasteiger partial charge in [-0.25, -0.2) is 17.5 Å². The van der Waals surface area contributed by atoms with E-state index in [1.54, 1.807) is 13.0 Å². The average molecular weight is 380 g/mol. The zero-order valence-corrected chi connectivity index (χ0v) is 15.3. The van der Waals surface area contributed by atoms with Gasteiger partial charge in [0.25, 0.3) is 5.91 Å². The second kappa shape index (κ2) is 8.77. The van der Waals surface area contributed by atoms with Gasteiger partial charge in [0, 0.05) is 6.04 Å². The Bertz CT molecular complexity index is 854. The molecule has 0 unspecified atom stereocenters. The number of carbonyl (C=O) groups is 1. The lowest BCUT2D eigenvalue weighted by molar-refractivity contribution is -0.118. The fraction of sp³-hybridized carbons (Fsp3) is 0.278. The summed E-state index contributed by atoms with van der Waals surface area (Å²) < 4.78 is 45.6. The molecule has 0 radical (unpaired) electrons. The largest absolute Gasteiger partial charge is 0.484 e. The third-order valence-corrected chi connectivity index (χ3v) is 5.23. The molecule has 0 heterocycles. The van der Waals surface area contributed by atoms with Crippen LogP contribution in [0.5, 0.6) is 5.75 Å². The highest BCUT2D eigenvalue weighted by molar-refractivity contribution is 7.89. The van der Waals surface area contributed by atoms with Gasteiger partial charge in [0.1, 0.15) is 11.6 Å². The van der Waals surface area contributed by atoms with Crippen molar-refractivity contribution in [1.29, 1.82) is 0 Å². The maximum atomic E-state index is 13.5. The van der Waals surface area contributed by atoms with Crippen molar-refractivity contribution < 1.29 is 22.3 Å². The van der Waals surface area contributed by atoms with Gasteiger partial charge in [-0.05, 0) is 49.7 Å². The van der Waals surface area contributed by atoms with Crippen LogP contribution in [-0.4, -0.2) is 27.0 Å². The van der Waals surface area contributed by atoms with Crippen molar-refractivity contribution in [2.24, 2.45) is 0 Å². The molecule has 0 aliphatic rings. The second-order valence-electron chi connectivity index (χ2n) is 5.72. The highest BCUT2D eigenvalue weighted by Gasteiger charge is 2.16.